The van der Waals surface area contributed by atoms with E-state index in [1.807, 2.05) is 0 Å². The maximum absolute atomic E-state index is 5.63. The molecule has 104 valence electrons. The van der Waals surface area contributed by atoms with Crippen LogP contribution in [0.4, 0.5) is 0 Å². The van der Waals surface area contributed by atoms with E-state index < -0.39 is 0 Å². The van der Waals surface area contributed by atoms with Gasteiger partial charge in [0.1, 0.15) is 0 Å². The van der Waals surface area contributed by atoms with E-state index in [1.165, 1.54) is 70.6 Å². The van der Waals surface area contributed by atoms with E-state index in [0.717, 1.165) is 13.1 Å². The predicted octanol–water partition coefficient (Wildman–Crippen LogP) is 2.52. The highest BCUT2D eigenvalue weighted by molar-refractivity contribution is 4.66. The predicted molar refractivity (Wildman–Crippen MR) is 76.9 cm³/mol. The SMILES string of the molecule is NC1CCCCC1.NCCCCCCCCN. The molecule has 6 N–H and O–H groups in total. The minimum absolute atomic E-state index is 0.536. The van der Waals surface area contributed by atoms with Gasteiger partial charge in [0.15, 0.2) is 0 Å². The fourth-order valence-corrected chi connectivity index (χ4v) is 2.13. The summed E-state index contributed by atoms with van der Waals surface area (Å²) >= 11 is 0. The van der Waals surface area contributed by atoms with Crippen molar-refractivity contribution < 1.29 is 0 Å². The molecule has 0 spiro atoms. The van der Waals surface area contributed by atoms with E-state index >= 15 is 0 Å². The smallest absolute Gasteiger partial charge is 0.00388 e. The highest BCUT2D eigenvalue weighted by atomic mass is 14.6. The van der Waals surface area contributed by atoms with Gasteiger partial charge >= 0.3 is 0 Å². The molecule has 1 fully saturated rings. The van der Waals surface area contributed by atoms with Gasteiger partial charge in [-0.2, -0.15) is 0 Å². The van der Waals surface area contributed by atoms with Crippen molar-refractivity contribution in [3.05, 3.63) is 0 Å². The molecule has 0 bridgehead atoms. The minimum atomic E-state index is 0.536. The summed E-state index contributed by atoms with van der Waals surface area (Å²) in [4.78, 5) is 0. The van der Waals surface area contributed by atoms with Crippen molar-refractivity contribution in [2.75, 3.05) is 13.1 Å². The van der Waals surface area contributed by atoms with Crippen LogP contribution >= 0.6 is 0 Å². The third-order valence-corrected chi connectivity index (χ3v) is 3.31. The summed E-state index contributed by atoms with van der Waals surface area (Å²) in [7, 11) is 0. The van der Waals surface area contributed by atoms with Gasteiger partial charge < -0.3 is 17.2 Å². The second-order valence-electron chi connectivity index (χ2n) is 5.10. The molecule has 1 rings (SSSR count). The van der Waals surface area contributed by atoms with Crippen LogP contribution in [0, 0.1) is 0 Å². The monoisotopic (exact) mass is 243 g/mol. The van der Waals surface area contributed by atoms with Crippen LogP contribution in [0.1, 0.15) is 70.6 Å². The van der Waals surface area contributed by atoms with Crippen LogP contribution < -0.4 is 17.2 Å². The lowest BCUT2D eigenvalue weighted by molar-refractivity contribution is 0.441. The second kappa shape index (κ2) is 13.9. The first-order chi connectivity index (χ1) is 8.31. The molecule has 1 aliphatic carbocycles. The number of hydrogen-bond donors (Lipinski definition) is 3. The fraction of sp³-hybridized carbons (Fsp3) is 1.00. The van der Waals surface area contributed by atoms with Gasteiger partial charge in [-0.25, -0.2) is 0 Å². The summed E-state index contributed by atoms with van der Waals surface area (Å²) < 4.78 is 0. The Bertz CT molecular complexity index is 125. The molecule has 0 aromatic rings. The van der Waals surface area contributed by atoms with E-state index in [1.54, 1.807) is 0 Å². The van der Waals surface area contributed by atoms with E-state index in [-0.39, 0.29) is 0 Å². The molecule has 1 aliphatic rings. The van der Waals surface area contributed by atoms with Gasteiger partial charge in [-0.3, -0.25) is 0 Å². The van der Waals surface area contributed by atoms with Gasteiger partial charge in [0.05, 0.1) is 0 Å². The van der Waals surface area contributed by atoms with E-state index in [0.29, 0.717) is 6.04 Å². The molecule has 0 heterocycles. The third-order valence-electron chi connectivity index (χ3n) is 3.31. The zero-order chi connectivity index (χ0) is 12.8. The first-order valence-corrected chi connectivity index (χ1v) is 7.47. The number of unbranched alkanes of at least 4 members (excludes halogenated alkanes) is 5. The summed E-state index contributed by atoms with van der Waals surface area (Å²) in [6.07, 6.45) is 14.3. The first kappa shape index (κ1) is 16.9. The standard InChI is InChI=1S/C8H20N2.C6H13N/c9-7-5-3-1-2-4-6-8-10;7-6-4-2-1-3-5-6/h1-10H2;6H,1-5,7H2. The zero-order valence-corrected chi connectivity index (χ0v) is 11.5. The molecule has 0 aromatic carbocycles. The molecule has 0 aliphatic heterocycles. The molecule has 0 amide bonds. The normalized spacial score (nSPS) is 16.4. The maximum Gasteiger partial charge on any atom is 0.00388 e. The molecular weight excluding hydrogens is 210 g/mol. The molecule has 0 aromatic heterocycles. The number of hydrogen-bond acceptors (Lipinski definition) is 3. The van der Waals surface area contributed by atoms with Gasteiger partial charge in [0, 0.05) is 6.04 Å². The lowest BCUT2D eigenvalue weighted by Gasteiger charge is -2.15. The molecule has 3 nitrogen and oxygen atoms in total. The molecule has 0 unspecified atom stereocenters. The molecule has 0 saturated heterocycles. The Morgan fingerprint density at radius 3 is 1.35 bits per heavy atom. The van der Waals surface area contributed by atoms with Crippen LogP contribution in [0.15, 0.2) is 0 Å². The molecular formula is C14H33N3. The van der Waals surface area contributed by atoms with Crippen molar-refractivity contribution in [2.45, 2.75) is 76.7 Å². The molecule has 17 heavy (non-hydrogen) atoms. The largest absolute Gasteiger partial charge is 0.330 e. The van der Waals surface area contributed by atoms with Crippen LogP contribution in [0.3, 0.4) is 0 Å². The van der Waals surface area contributed by atoms with Crippen molar-refractivity contribution in [1.29, 1.82) is 0 Å². The zero-order valence-electron chi connectivity index (χ0n) is 11.5. The number of rotatable bonds is 7. The minimum Gasteiger partial charge on any atom is -0.330 e. The highest BCUT2D eigenvalue weighted by Crippen LogP contribution is 2.14. The lowest BCUT2D eigenvalue weighted by atomic mass is 9.97. The first-order valence-electron chi connectivity index (χ1n) is 7.47. The van der Waals surface area contributed by atoms with E-state index in [2.05, 4.69) is 0 Å². The molecule has 0 atom stereocenters. The van der Waals surface area contributed by atoms with Crippen LogP contribution in [0.25, 0.3) is 0 Å². The van der Waals surface area contributed by atoms with Crippen LogP contribution in [0.5, 0.6) is 0 Å². The van der Waals surface area contributed by atoms with Crippen LogP contribution in [-0.2, 0) is 0 Å². The molecule has 1 saturated carbocycles. The summed E-state index contributed by atoms with van der Waals surface area (Å²) in [6.45, 7) is 1.69. The maximum atomic E-state index is 5.63. The Morgan fingerprint density at radius 1 is 0.647 bits per heavy atom. The quantitative estimate of drug-likeness (QED) is 0.601. The van der Waals surface area contributed by atoms with Crippen molar-refractivity contribution in [3.8, 4) is 0 Å². The highest BCUT2D eigenvalue weighted by Gasteiger charge is 2.06. The Hall–Kier alpha value is -0.120. The second-order valence-corrected chi connectivity index (χ2v) is 5.10. The van der Waals surface area contributed by atoms with Crippen molar-refractivity contribution in [3.63, 3.8) is 0 Å². The lowest BCUT2D eigenvalue weighted by Crippen LogP contribution is -2.22. The van der Waals surface area contributed by atoms with Gasteiger partial charge in [-0.1, -0.05) is 44.9 Å². The topological polar surface area (TPSA) is 78.1 Å². The average molecular weight is 243 g/mol. The van der Waals surface area contributed by atoms with E-state index in [4.69, 9.17) is 17.2 Å². The Morgan fingerprint density at radius 2 is 1.06 bits per heavy atom. The van der Waals surface area contributed by atoms with Gasteiger partial charge in [-0.05, 0) is 38.8 Å². The summed E-state index contributed by atoms with van der Waals surface area (Å²) in [5.41, 5.74) is 16.3. The van der Waals surface area contributed by atoms with Crippen molar-refractivity contribution in [1.82, 2.24) is 0 Å². The Kier molecular flexibility index (Phi) is 13.8. The van der Waals surface area contributed by atoms with Crippen LogP contribution in [0.2, 0.25) is 0 Å². The third kappa shape index (κ3) is 13.8. The molecule has 3 heteroatoms. The average Bonchev–Trinajstić information content (AvgIpc) is 2.35. The van der Waals surface area contributed by atoms with Gasteiger partial charge in [0.2, 0.25) is 0 Å². The van der Waals surface area contributed by atoms with Gasteiger partial charge in [-0.15, -0.1) is 0 Å². The Balaban J connectivity index is 0.000000318. The van der Waals surface area contributed by atoms with Gasteiger partial charge in [0.25, 0.3) is 0 Å². The summed E-state index contributed by atoms with van der Waals surface area (Å²) in [6, 6.07) is 0.536. The van der Waals surface area contributed by atoms with Crippen molar-refractivity contribution in [2.24, 2.45) is 17.2 Å². The number of nitrogens with two attached hydrogens (primary N) is 3. The Labute approximate surface area is 108 Å². The molecule has 0 radical (unpaired) electrons. The van der Waals surface area contributed by atoms with E-state index in [9.17, 15) is 0 Å². The summed E-state index contributed by atoms with van der Waals surface area (Å²) in [5.74, 6) is 0. The van der Waals surface area contributed by atoms with Crippen LogP contribution in [-0.4, -0.2) is 19.1 Å². The summed E-state index contributed by atoms with van der Waals surface area (Å²) in [5, 5.41) is 0. The van der Waals surface area contributed by atoms with Crippen molar-refractivity contribution >= 4 is 0 Å². The fourth-order valence-electron chi connectivity index (χ4n) is 2.13.